The molecule has 0 aromatic rings. The monoisotopic (exact) mass is 1030 g/mol. The summed E-state index contributed by atoms with van der Waals surface area (Å²) in [6.07, 6.45) is 63.7. The summed E-state index contributed by atoms with van der Waals surface area (Å²) in [6.45, 7) is 3.82. The average Bonchev–Trinajstić information content (AvgIpc) is 3.39. The molecule has 7 atom stereocenters. The summed E-state index contributed by atoms with van der Waals surface area (Å²) in [5.41, 5.74) is 0. The molecule has 0 saturated carbocycles. The second kappa shape index (κ2) is 53.8. The Labute approximate surface area is 451 Å². The van der Waals surface area contributed by atoms with E-state index in [-0.39, 0.29) is 12.5 Å². The Morgan fingerprint density at radius 3 is 1.18 bits per heavy atom. The van der Waals surface area contributed by atoms with Gasteiger partial charge in [-0.15, -0.1) is 0 Å². The highest BCUT2D eigenvalue weighted by molar-refractivity contribution is 5.76. The summed E-state index contributed by atoms with van der Waals surface area (Å²) in [6, 6.07) is -0.805. The van der Waals surface area contributed by atoms with Crippen LogP contribution >= 0.6 is 0 Å². The van der Waals surface area contributed by atoms with Crippen LogP contribution in [-0.4, -0.2) is 87.5 Å². The van der Waals surface area contributed by atoms with E-state index in [0.717, 1.165) is 44.9 Å². The molecule has 1 heterocycles. The highest BCUT2D eigenvalue weighted by Gasteiger charge is 2.44. The van der Waals surface area contributed by atoms with Gasteiger partial charge in [0.15, 0.2) is 6.29 Å². The van der Waals surface area contributed by atoms with Crippen molar-refractivity contribution in [2.75, 3.05) is 13.2 Å². The number of carbonyl (C=O) groups is 1. The lowest BCUT2D eigenvalue weighted by Crippen LogP contribution is -2.60. The number of ether oxygens (including phenoxy) is 2. The van der Waals surface area contributed by atoms with E-state index >= 15 is 0 Å². The maximum absolute atomic E-state index is 13.1. The Hall–Kier alpha value is -1.59. The van der Waals surface area contributed by atoms with Gasteiger partial charge in [-0.2, -0.15) is 0 Å². The third-order valence-corrected chi connectivity index (χ3v) is 15.2. The van der Waals surface area contributed by atoms with Crippen LogP contribution in [0.3, 0.4) is 0 Å². The zero-order valence-electron chi connectivity index (χ0n) is 47.9. The van der Waals surface area contributed by atoms with Crippen molar-refractivity contribution < 1.29 is 39.8 Å². The molecular formula is C64H121NO8. The Bertz CT molecular complexity index is 1240. The number of carbonyl (C=O) groups excluding carboxylic acids is 1. The van der Waals surface area contributed by atoms with E-state index in [1.807, 2.05) is 6.08 Å². The summed E-state index contributed by atoms with van der Waals surface area (Å²) in [7, 11) is 0. The van der Waals surface area contributed by atoms with E-state index in [2.05, 4.69) is 43.5 Å². The predicted octanol–water partition coefficient (Wildman–Crippen LogP) is 16.3. The van der Waals surface area contributed by atoms with Gasteiger partial charge in [0.1, 0.15) is 24.4 Å². The zero-order valence-corrected chi connectivity index (χ0v) is 47.9. The van der Waals surface area contributed by atoms with Crippen LogP contribution in [-0.2, 0) is 14.3 Å². The maximum atomic E-state index is 13.1. The number of aliphatic hydroxyl groups excluding tert-OH is 5. The first-order chi connectivity index (χ1) is 35.8. The van der Waals surface area contributed by atoms with Crippen molar-refractivity contribution >= 4 is 5.91 Å². The Morgan fingerprint density at radius 1 is 0.466 bits per heavy atom. The summed E-state index contributed by atoms with van der Waals surface area (Å²) in [4.78, 5) is 13.1. The Balaban J connectivity index is 2.15. The number of rotatable bonds is 55. The van der Waals surface area contributed by atoms with Gasteiger partial charge in [0.25, 0.3) is 0 Å². The van der Waals surface area contributed by atoms with Gasteiger partial charge in [0, 0.05) is 6.42 Å². The molecular weight excluding hydrogens is 911 g/mol. The topological polar surface area (TPSA) is 149 Å². The number of aliphatic hydroxyl groups is 5. The molecule has 9 heteroatoms. The predicted molar refractivity (Wildman–Crippen MR) is 309 cm³/mol. The van der Waals surface area contributed by atoms with Crippen molar-refractivity contribution in [3.05, 3.63) is 36.5 Å². The minimum atomic E-state index is -1.57. The Kier molecular flexibility index (Phi) is 51.2. The second-order valence-electron chi connectivity index (χ2n) is 22.2. The molecule has 6 N–H and O–H groups in total. The number of unbranched alkanes of at least 4 members (excludes halogenated alkanes) is 41. The van der Waals surface area contributed by atoms with E-state index < -0.39 is 49.5 Å². The lowest BCUT2D eigenvalue weighted by molar-refractivity contribution is -0.302. The lowest BCUT2D eigenvalue weighted by Gasteiger charge is -2.40. The molecule has 0 aliphatic carbocycles. The van der Waals surface area contributed by atoms with Gasteiger partial charge in [-0.1, -0.05) is 288 Å². The highest BCUT2D eigenvalue weighted by Crippen LogP contribution is 2.23. The molecule has 1 aliphatic heterocycles. The van der Waals surface area contributed by atoms with Gasteiger partial charge < -0.3 is 40.3 Å². The Morgan fingerprint density at radius 2 is 0.808 bits per heavy atom. The van der Waals surface area contributed by atoms with Gasteiger partial charge in [-0.25, -0.2) is 0 Å². The molecule has 0 radical (unpaired) electrons. The van der Waals surface area contributed by atoms with E-state index in [0.29, 0.717) is 6.42 Å². The quantitative estimate of drug-likeness (QED) is 0.0261. The third-order valence-electron chi connectivity index (χ3n) is 15.2. The second-order valence-corrected chi connectivity index (χ2v) is 22.2. The van der Waals surface area contributed by atoms with E-state index in [4.69, 9.17) is 9.47 Å². The minimum Gasteiger partial charge on any atom is -0.394 e. The molecule has 1 fully saturated rings. The molecule has 7 unspecified atom stereocenters. The van der Waals surface area contributed by atoms with Crippen LogP contribution in [0.15, 0.2) is 36.5 Å². The summed E-state index contributed by atoms with van der Waals surface area (Å²) < 4.78 is 11.3. The van der Waals surface area contributed by atoms with Gasteiger partial charge in [0.2, 0.25) is 5.91 Å². The number of amides is 1. The summed E-state index contributed by atoms with van der Waals surface area (Å²) >= 11 is 0. The molecule has 1 amide bonds. The summed E-state index contributed by atoms with van der Waals surface area (Å²) in [5, 5.41) is 54.6. The van der Waals surface area contributed by atoms with E-state index in [1.54, 1.807) is 6.08 Å². The third kappa shape index (κ3) is 43.1. The molecule has 0 aromatic heterocycles. The fraction of sp³-hybridized carbons (Fsp3) is 0.891. The molecule has 9 nitrogen and oxygen atoms in total. The first-order valence-electron chi connectivity index (χ1n) is 31.7. The van der Waals surface area contributed by atoms with Crippen molar-refractivity contribution in [1.29, 1.82) is 0 Å². The average molecular weight is 1030 g/mol. The van der Waals surface area contributed by atoms with E-state index in [9.17, 15) is 30.3 Å². The number of allylic oxidation sites excluding steroid dienone is 5. The molecule has 1 aliphatic rings. The van der Waals surface area contributed by atoms with Crippen LogP contribution in [0, 0.1) is 0 Å². The van der Waals surface area contributed by atoms with Crippen LogP contribution in [0.25, 0.3) is 0 Å². The van der Waals surface area contributed by atoms with Crippen molar-refractivity contribution in [1.82, 2.24) is 5.32 Å². The molecule has 73 heavy (non-hydrogen) atoms. The molecule has 0 aromatic carbocycles. The fourth-order valence-corrected chi connectivity index (χ4v) is 10.2. The minimum absolute atomic E-state index is 0.173. The highest BCUT2D eigenvalue weighted by atomic mass is 16.7. The number of nitrogens with one attached hydrogen (secondary N) is 1. The van der Waals surface area contributed by atoms with Crippen molar-refractivity contribution in [2.24, 2.45) is 0 Å². The van der Waals surface area contributed by atoms with Gasteiger partial charge >= 0.3 is 0 Å². The number of hydrogen-bond acceptors (Lipinski definition) is 8. The fourth-order valence-electron chi connectivity index (χ4n) is 10.2. The van der Waals surface area contributed by atoms with Crippen LogP contribution in [0.1, 0.15) is 309 Å². The van der Waals surface area contributed by atoms with Crippen molar-refractivity contribution in [3.8, 4) is 0 Å². The standard InChI is InChI=1S/C64H121NO8/c1-3-5-7-9-11-13-15-17-19-21-23-24-25-26-27-28-29-30-31-32-33-34-36-38-40-42-44-46-48-50-52-54-60(68)65-57(56-72-64-63(71)62(70)61(69)59(55-66)73-64)58(67)53-51-49-47-45-43-41-39-37-35-22-20-18-16-14-12-10-8-6-4-2/h23-24,26-27,51,53,57-59,61-64,66-67,69-71H,3-22,25,28-50,52,54-56H2,1-2H3,(H,65,68)/b24-23-,27-26-,53-51+. The van der Waals surface area contributed by atoms with Gasteiger partial charge in [-0.3, -0.25) is 4.79 Å². The molecule has 430 valence electrons. The molecule has 0 bridgehead atoms. The van der Waals surface area contributed by atoms with Gasteiger partial charge in [-0.05, 0) is 51.4 Å². The van der Waals surface area contributed by atoms with Crippen molar-refractivity contribution in [3.63, 3.8) is 0 Å². The lowest BCUT2D eigenvalue weighted by atomic mass is 9.99. The van der Waals surface area contributed by atoms with Crippen LogP contribution < -0.4 is 5.32 Å². The maximum Gasteiger partial charge on any atom is 0.220 e. The van der Waals surface area contributed by atoms with Crippen LogP contribution in [0.2, 0.25) is 0 Å². The van der Waals surface area contributed by atoms with E-state index in [1.165, 1.54) is 244 Å². The molecule has 0 spiro atoms. The van der Waals surface area contributed by atoms with Crippen LogP contribution in [0.5, 0.6) is 0 Å². The van der Waals surface area contributed by atoms with Crippen molar-refractivity contribution in [2.45, 2.75) is 352 Å². The number of hydrogen-bond donors (Lipinski definition) is 6. The first kappa shape index (κ1) is 69.4. The molecule has 1 rings (SSSR count). The first-order valence-corrected chi connectivity index (χ1v) is 31.7. The largest absolute Gasteiger partial charge is 0.394 e. The SMILES string of the molecule is CCCCCCCCCCC/C=C\C/C=C\CCCCCCCCCCCCCCCCCC(=O)NC(COC1OC(CO)C(O)C(O)C1O)C(O)/C=C/CCCCCCCCCCCCCCCCCCC. The summed E-state index contributed by atoms with van der Waals surface area (Å²) in [5.74, 6) is -0.173. The van der Waals surface area contributed by atoms with Gasteiger partial charge in [0.05, 0.1) is 25.4 Å². The normalized spacial score (nSPS) is 19.2. The zero-order chi connectivity index (χ0) is 52.9. The van der Waals surface area contributed by atoms with Crippen LogP contribution in [0.4, 0.5) is 0 Å². The smallest absolute Gasteiger partial charge is 0.220 e. The molecule has 1 saturated heterocycles.